The second-order valence-electron chi connectivity index (χ2n) is 6.18. The van der Waals surface area contributed by atoms with E-state index in [0.29, 0.717) is 29.2 Å². The molecule has 0 saturated carbocycles. The van der Waals surface area contributed by atoms with Gasteiger partial charge in [0, 0.05) is 17.0 Å². The van der Waals surface area contributed by atoms with Crippen molar-refractivity contribution in [3.63, 3.8) is 0 Å². The molecule has 0 aliphatic carbocycles. The fourth-order valence-electron chi connectivity index (χ4n) is 3.11. The molecule has 2 heterocycles. The van der Waals surface area contributed by atoms with Crippen molar-refractivity contribution in [2.24, 2.45) is 0 Å². The summed E-state index contributed by atoms with van der Waals surface area (Å²) in [4.78, 5) is 30.9. The largest absolute Gasteiger partial charge is 0.337 e. The maximum Gasteiger partial charge on any atom is 0.331 e. The summed E-state index contributed by atoms with van der Waals surface area (Å²) in [6.07, 6.45) is 2.01. The highest BCUT2D eigenvalue weighted by atomic mass is 32.2. The van der Waals surface area contributed by atoms with Crippen LogP contribution in [0.3, 0.4) is 0 Å². The molecule has 0 atom stereocenters. The molecule has 142 valence electrons. The van der Waals surface area contributed by atoms with Gasteiger partial charge >= 0.3 is 5.69 Å². The van der Waals surface area contributed by atoms with Gasteiger partial charge in [-0.1, -0.05) is 17.3 Å². The lowest BCUT2D eigenvalue weighted by Gasteiger charge is -2.11. The van der Waals surface area contributed by atoms with E-state index in [-0.39, 0.29) is 12.1 Å². The molecule has 0 saturated heterocycles. The third-order valence-corrected chi connectivity index (χ3v) is 5.30. The van der Waals surface area contributed by atoms with Gasteiger partial charge in [-0.2, -0.15) is 4.98 Å². The van der Waals surface area contributed by atoms with Gasteiger partial charge in [0.1, 0.15) is 6.54 Å². The zero-order valence-corrected chi connectivity index (χ0v) is 16.3. The second-order valence-corrected chi connectivity index (χ2v) is 7.06. The Bertz CT molecular complexity index is 1260. The summed E-state index contributed by atoms with van der Waals surface area (Å²) in [5, 5.41) is 4.51. The first-order chi connectivity index (χ1) is 13.6. The Morgan fingerprint density at radius 2 is 1.79 bits per heavy atom. The first kappa shape index (κ1) is 18.2. The predicted octanol–water partition coefficient (Wildman–Crippen LogP) is 3.00. The van der Waals surface area contributed by atoms with E-state index >= 15 is 0 Å². The van der Waals surface area contributed by atoms with E-state index in [1.165, 1.54) is 9.13 Å². The van der Waals surface area contributed by atoms with Crippen molar-refractivity contribution in [1.29, 1.82) is 0 Å². The Labute approximate surface area is 164 Å². The van der Waals surface area contributed by atoms with Crippen molar-refractivity contribution in [3.8, 4) is 11.4 Å². The molecule has 0 spiro atoms. The van der Waals surface area contributed by atoms with E-state index in [0.717, 1.165) is 10.5 Å². The minimum atomic E-state index is -0.393. The molecule has 2 aromatic heterocycles. The van der Waals surface area contributed by atoms with E-state index < -0.39 is 5.69 Å². The molecule has 0 N–H and O–H groups in total. The number of hydrogen-bond acceptors (Lipinski definition) is 6. The quantitative estimate of drug-likeness (QED) is 0.484. The molecule has 2 aromatic carbocycles. The van der Waals surface area contributed by atoms with E-state index in [1.807, 2.05) is 30.5 Å². The molecule has 0 bridgehead atoms. The smallest absolute Gasteiger partial charge is 0.331 e. The van der Waals surface area contributed by atoms with Crippen LogP contribution in [0.15, 0.2) is 67.5 Å². The van der Waals surface area contributed by atoms with Crippen molar-refractivity contribution in [1.82, 2.24) is 19.3 Å². The number of nitrogens with zero attached hydrogens (tertiary/aromatic N) is 4. The van der Waals surface area contributed by atoms with Crippen LogP contribution in [0, 0.1) is 0 Å². The lowest BCUT2D eigenvalue weighted by molar-refractivity contribution is 0.369. The third kappa shape index (κ3) is 3.16. The van der Waals surface area contributed by atoms with Crippen LogP contribution in [-0.4, -0.2) is 25.5 Å². The van der Waals surface area contributed by atoms with Crippen molar-refractivity contribution < 1.29 is 4.52 Å². The van der Waals surface area contributed by atoms with Gasteiger partial charge in [-0.25, -0.2) is 4.79 Å². The Kier molecular flexibility index (Phi) is 4.87. The first-order valence-electron chi connectivity index (χ1n) is 8.81. The second kappa shape index (κ2) is 7.47. The molecular weight excluding hydrogens is 376 g/mol. The van der Waals surface area contributed by atoms with Crippen molar-refractivity contribution in [2.45, 2.75) is 24.9 Å². The summed E-state index contributed by atoms with van der Waals surface area (Å²) in [6.45, 7) is 2.15. The third-order valence-electron chi connectivity index (χ3n) is 4.56. The van der Waals surface area contributed by atoms with E-state index in [4.69, 9.17) is 4.52 Å². The van der Waals surface area contributed by atoms with Gasteiger partial charge < -0.3 is 4.52 Å². The van der Waals surface area contributed by atoms with Crippen molar-refractivity contribution in [2.75, 3.05) is 6.26 Å². The van der Waals surface area contributed by atoms with Crippen molar-refractivity contribution in [3.05, 3.63) is 75.3 Å². The molecule has 0 aliphatic heterocycles. The van der Waals surface area contributed by atoms with Gasteiger partial charge in [0.2, 0.25) is 11.7 Å². The van der Waals surface area contributed by atoms with Crippen LogP contribution in [0.25, 0.3) is 22.3 Å². The van der Waals surface area contributed by atoms with Gasteiger partial charge in [-0.3, -0.25) is 13.9 Å². The van der Waals surface area contributed by atoms with Gasteiger partial charge in [0.05, 0.1) is 10.9 Å². The first-order valence-corrected chi connectivity index (χ1v) is 10.0. The molecule has 0 aliphatic rings. The Morgan fingerprint density at radius 1 is 1.04 bits per heavy atom. The average Bonchev–Trinajstić information content (AvgIpc) is 3.20. The van der Waals surface area contributed by atoms with Gasteiger partial charge in [-0.15, -0.1) is 11.8 Å². The summed E-state index contributed by atoms with van der Waals surface area (Å²) in [7, 11) is 0. The molecule has 4 aromatic rings. The number of aromatic nitrogens is 4. The molecule has 8 heteroatoms. The normalized spacial score (nSPS) is 11.2. The maximum absolute atomic E-state index is 12.8. The lowest BCUT2D eigenvalue weighted by atomic mass is 10.2. The fourth-order valence-corrected chi connectivity index (χ4v) is 3.52. The average molecular weight is 394 g/mol. The monoisotopic (exact) mass is 394 g/mol. The zero-order valence-electron chi connectivity index (χ0n) is 15.5. The SMILES string of the molecule is CCn1c(=O)c2ccccc2n(Cc2nc(-c3ccc(SC)cc3)no2)c1=O. The van der Waals surface area contributed by atoms with Crippen LogP contribution in [0.4, 0.5) is 0 Å². The van der Waals surface area contributed by atoms with Gasteiger partial charge in [0.15, 0.2) is 0 Å². The number of para-hydroxylation sites is 1. The highest BCUT2D eigenvalue weighted by Gasteiger charge is 2.15. The van der Waals surface area contributed by atoms with Crippen LogP contribution in [0.1, 0.15) is 12.8 Å². The van der Waals surface area contributed by atoms with E-state index in [2.05, 4.69) is 10.1 Å². The zero-order chi connectivity index (χ0) is 19.7. The van der Waals surface area contributed by atoms with Gasteiger partial charge in [-0.05, 0) is 49.6 Å². The molecule has 0 radical (unpaired) electrons. The molecular formula is C20H18N4O3S. The fraction of sp³-hybridized carbons (Fsp3) is 0.200. The number of thioether (sulfide) groups is 1. The standard InChI is InChI=1S/C20H18N4O3S/c1-3-23-19(25)15-6-4-5-7-16(15)24(20(23)26)12-17-21-18(22-27-17)13-8-10-14(28-2)11-9-13/h4-11H,3,12H2,1-2H3. The number of rotatable bonds is 5. The molecule has 0 fully saturated rings. The van der Waals surface area contributed by atoms with E-state index in [9.17, 15) is 9.59 Å². The topological polar surface area (TPSA) is 82.9 Å². The predicted molar refractivity (Wildman–Crippen MR) is 109 cm³/mol. The van der Waals surface area contributed by atoms with Crippen LogP contribution >= 0.6 is 11.8 Å². The molecule has 0 amide bonds. The minimum Gasteiger partial charge on any atom is -0.337 e. The van der Waals surface area contributed by atoms with Crippen LogP contribution in [0.2, 0.25) is 0 Å². The van der Waals surface area contributed by atoms with Crippen LogP contribution < -0.4 is 11.2 Å². The highest BCUT2D eigenvalue weighted by molar-refractivity contribution is 7.98. The number of benzene rings is 2. The van der Waals surface area contributed by atoms with Crippen molar-refractivity contribution >= 4 is 22.7 Å². The van der Waals surface area contributed by atoms with E-state index in [1.54, 1.807) is 43.0 Å². The summed E-state index contributed by atoms with van der Waals surface area (Å²) in [6, 6.07) is 14.9. The van der Waals surface area contributed by atoms with Gasteiger partial charge in [0.25, 0.3) is 5.56 Å². The summed E-state index contributed by atoms with van der Waals surface area (Å²) in [5.74, 6) is 0.765. The van der Waals surface area contributed by atoms with Crippen LogP contribution in [-0.2, 0) is 13.1 Å². The molecule has 4 rings (SSSR count). The summed E-state index contributed by atoms with van der Waals surface area (Å²) < 4.78 is 8.08. The van der Waals surface area contributed by atoms with Crippen LogP contribution in [0.5, 0.6) is 0 Å². The molecule has 7 nitrogen and oxygen atoms in total. The Hall–Kier alpha value is -3.13. The molecule has 0 unspecified atom stereocenters. The Balaban J connectivity index is 1.76. The molecule has 28 heavy (non-hydrogen) atoms. The summed E-state index contributed by atoms with van der Waals surface area (Å²) >= 11 is 1.66. The summed E-state index contributed by atoms with van der Waals surface area (Å²) in [5.41, 5.74) is 0.699. The number of hydrogen-bond donors (Lipinski definition) is 0. The number of fused-ring (bicyclic) bond motifs is 1. The minimum absolute atomic E-state index is 0.0928. The lowest BCUT2D eigenvalue weighted by Crippen LogP contribution is -2.39. The maximum atomic E-state index is 12.8. The Morgan fingerprint density at radius 3 is 2.50 bits per heavy atom. The highest BCUT2D eigenvalue weighted by Crippen LogP contribution is 2.21.